The maximum Gasteiger partial charge on any atom is 0.123 e. The summed E-state index contributed by atoms with van der Waals surface area (Å²) >= 11 is 6.15. The maximum atomic E-state index is 6.15. The average molecular weight is 223 g/mol. The summed E-state index contributed by atoms with van der Waals surface area (Å²) in [5, 5.41) is 4.97. The van der Waals surface area contributed by atoms with E-state index in [9.17, 15) is 0 Å². The van der Waals surface area contributed by atoms with Gasteiger partial charge in [0.1, 0.15) is 11.5 Å². The highest BCUT2D eigenvalue weighted by molar-refractivity contribution is 6.33. The molecule has 0 aliphatic rings. The lowest BCUT2D eigenvalue weighted by Gasteiger charge is -1.97. The minimum atomic E-state index is 0.488. The van der Waals surface area contributed by atoms with Crippen molar-refractivity contribution in [3.63, 3.8) is 0 Å². The molecular formula is C10H11ClN4. The van der Waals surface area contributed by atoms with Crippen molar-refractivity contribution in [3.05, 3.63) is 29.0 Å². The maximum absolute atomic E-state index is 6.15. The molecule has 0 aliphatic heterocycles. The Labute approximate surface area is 92.7 Å². The largest absolute Gasteiger partial charge is 0.384 e. The van der Waals surface area contributed by atoms with Gasteiger partial charge in [-0.15, -0.1) is 0 Å². The predicted molar refractivity (Wildman–Crippen MR) is 60.6 cm³/mol. The number of aryl methyl sites for hydroxylation is 1. The molecule has 2 rings (SSSR count). The second-order valence-corrected chi connectivity index (χ2v) is 3.72. The van der Waals surface area contributed by atoms with Crippen LogP contribution in [-0.4, -0.2) is 14.8 Å². The summed E-state index contributed by atoms with van der Waals surface area (Å²) in [6, 6.07) is 3.59. The Balaban J connectivity index is 2.54. The molecule has 0 aliphatic carbocycles. The van der Waals surface area contributed by atoms with Gasteiger partial charge in [0.15, 0.2) is 0 Å². The zero-order valence-corrected chi connectivity index (χ0v) is 9.28. The van der Waals surface area contributed by atoms with E-state index in [0.29, 0.717) is 10.8 Å². The van der Waals surface area contributed by atoms with Crippen molar-refractivity contribution in [2.45, 2.75) is 6.92 Å². The van der Waals surface area contributed by atoms with Crippen LogP contribution in [0.4, 0.5) is 5.82 Å². The smallest absolute Gasteiger partial charge is 0.123 e. The average Bonchev–Trinajstić information content (AvgIpc) is 2.47. The number of hydrogen-bond acceptors (Lipinski definition) is 3. The van der Waals surface area contributed by atoms with Crippen LogP contribution in [0.3, 0.4) is 0 Å². The highest BCUT2D eigenvalue weighted by Crippen LogP contribution is 2.28. The van der Waals surface area contributed by atoms with E-state index in [0.717, 1.165) is 17.0 Å². The topological polar surface area (TPSA) is 56.7 Å². The Bertz CT molecular complexity index is 487. The van der Waals surface area contributed by atoms with Crippen LogP contribution in [0.2, 0.25) is 5.02 Å². The SMILES string of the molecule is Cc1c(Cl)c(-c2ccc(N)nc2)nn1C. The van der Waals surface area contributed by atoms with Crippen molar-refractivity contribution >= 4 is 17.4 Å². The summed E-state index contributed by atoms with van der Waals surface area (Å²) in [4.78, 5) is 4.01. The molecular weight excluding hydrogens is 212 g/mol. The van der Waals surface area contributed by atoms with Gasteiger partial charge in [0.05, 0.1) is 10.7 Å². The molecule has 0 unspecified atom stereocenters. The van der Waals surface area contributed by atoms with Crippen LogP contribution in [0.25, 0.3) is 11.3 Å². The molecule has 78 valence electrons. The predicted octanol–water partition coefficient (Wildman–Crippen LogP) is 2.03. The van der Waals surface area contributed by atoms with Gasteiger partial charge in [-0.1, -0.05) is 11.6 Å². The summed E-state index contributed by atoms with van der Waals surface area (Å²) in [5.74, 6) is 0.488. The summed E-state index contributed by atoms with van der Waals surface area (Å²) in [7, 11) is 1.86. The lowest BCUT2D eigenvalue weighted by Crippen LogP contribution is -1.93. The quantitative estimate of drug-likeness (QED) is 0.803. The number of hydrogen-bond donors (Lipinski definition) is 1. The molecule has 0 amide bonds. The highest BCUT2D eigenvalue weighted by Gasteiger charge is 2.12. The summed E-state index contributed by atoms with van der Waals surface area (Å²) in [5.41, 5.74) is 8.06. The Hall–Kier alpha value is -1.55. The molecule has 4 nitrogen and oxygen atoms in total. The number of nitrogens with zero attached hydrogens (tertiary/aromatic N) is 3. The lowest BCUT2D eigenvalue weighted by atomic mass is 10.2. The van der Waals surface area contributed by atoms with Gasteiger partial charge < -0.3 is 5.73 Å². The second-order valence-electron chi connectivity index (χ2n) is 3.34. The molecule has 0 bridgehead atoms. The van der Waals surface area contributed by atoms with Crippen LogP contribution in [0.5, 0.6) is 0 Å². The monoisotopic (exact) mass is 222 g/mol. The fourth-order valence-electron chi connectivity index (χ4n) is 1.31. The van der Waals surface area contributed by atoms with E-state index in [-0.39, 0.29) is 0 Å². The van der Waals surface area contributed by atoms with Gasteiger partial charge in [-0.05, 0) is 19.1 Å². The molecule has 15 heavy (non-hydrogen) atoms. The van der Waals surface area contributed by atoms with E-state index in [4.69, 9.17) is 17.3 Å². The van der Waals surface area contributed by atoms with Crippen LogP contribution < -0.4 is 5.73 Å². The zero-order chi connectivity index (χ0) is 11.0. The first-order chi connectivity index (χ1) is 7.09. The fourth-order valence-corrected chi connectivity index (χ4v) is 1.58. The van der Waals surface area contributed by atoms with Crippen LogP contribution >= 0.6 is 11.6 Å². The normalized spacial score (nSPS) is 10.6. The number of nitrogen functional groups attached to an aromatic ring is 1. The van der Waals surface area contributed by atoms with Gasteiger partial charge in [-0.3, -0.25) is 4.68 Å². The summed E-state index contributed by atoms with van der Waals surface area (Å²) < 4.78 is 1.74. The minimum Gasteiger partial charge on any atom is -0.384 e. The number of pyridine rings is 1. The molecule has 0 radical (unpaired) electrons. The van der Waals surface area contributed by atoms with Crippen LogP contribution in [0.15, 0.2) is 18.3 Å². The van der Waals surface area contributed by atoms with Crippen molar-refractivity contribution < 1.29 is 0 Å². The van der Waals surface area contributed by atoms with Gasteiger partial charge in [0.25, 0.3) is 0 Å². The molecule has 0 saturated carbocycles. The molecule has 5 heteroatoms. The summed E-state index contributed by atoms with van der Waals surface area (Å²) in [6.45, 7) is 1.92. The Kier molecular flexibility index (Phi) is 2.36. The van der Waals surface area contributed by atoms with Gasteiger partial charge in [0, 0.05) is 18.8 Å². The van der Waals surface area contributed by atoms with Gasteiger partial charge >= 0.3 is 0 Å². The Morgan fingerprint density at radius 3 is 2.60 bits per heavy atom. The van der Waals surface area contributed by atoms with E-state index in [1.54, 1.807) is 16.9 Å². The van der Waals surface area contributed by atoms with E-state index in [1.807, 2.05) is 20.0 Å². The van der Waals surface area contributed by atoms with E-state index >= 15 is 0 Å². The molecule has 0 fully saturated rings. The molecule has 2 N–H and O–H groups in total. The number of anilines is 1. The van der Waals surface area contributed by atoms with Crippen molar-refractivity contribution in [2.75, 3.05) is 5.73 Å². The third-order valence-corrected chi connectivity index (χ3v) is 2.77. The Morgan fingerprint density at radius 1 is 1.40 bits per heavy atom. The molecule has 0 spiro atoms. The van der Waals surface area contributed by atoms with E-state index in [1.165, 1.54) is 0 Å². The number of rotatable bonds is 1. The molecule has 2 aromatic rings. The minimum absolute atomic E-state index is 0.488. The van der Waals surface area contributed by atoms with Crippen LogP contribution in [0.1, 0.15) is 5.69 Å². The number of nitrogens with two attached hydrogens (primary N) is 1. The molecule has 0 atom stereocenters. The molecule has 0 saturated heterocycles. The fraction of sp³-hybridized carbons (Fsp3) is 0.200. The van der Waals surface area contributed by atoms with Crippen LogP contribution in [-0.2, 0) is 7.05 Å². The van der Waals surface area contributed by atoms with Crippen molar-refractivity contribution in [2.24, 2.45) is 7.05 Å². The van der Waals surface area contributed by atoms with E-state index < -0.39 is 0 Å². The molecule has 0 aromatic carbocycles. The number of halogens is 1. The zero-order valence-electron chi connectivity index (χ0n) is 8.53. The lowest BCUT2D eigenvalue weighted by molar-refractivity contribution is 0.743. The van der Waals surface area contributed by atoms with Gasteiger partial charge in [-0.2, -0.15) is 5.10 Å². The van der Waals surface area contributed by atoms with Crippen molar-refractivity contribution in [1.82, 2.24) is 14.8 Å². The third kappa shape index (κ3) is 1.68. The molecule has 2 heterocycles. The van der Waals surface area contributed by atoms with E-state index in [2.05, 4.69) is 10.1 Å². The van der Waals surface area contributed by atoms with Gasteiger partial charge in [-0.25, -0.2) is 4.98 Å². The first-order valence-electron chi connectivity index (χ1n) is 4.50. The Morgan fingerprint density at radius 2 is 2.13 bits per heavy atom. The summed E-state index contributed by atoms with van der Waals surface area (Å²) in [6.07, 6.45) is 1.67. The first kappa shape index (κ1) is 9.98. The van der Waals surface area contributed by atoms with Crippen molar-refractivity contribution in [3.8, 4) is 11.3 Å². The molecule has 2 aromatic heterocycles. The number of aromatic nitrogens is 3. The first-order valence-corrected chi connectivity index (χ1v) is 4.88. The third-order valence-electron chi connectivity index (χ3n) is 2.32. The second kappa shape index (κ2) is 3.55. The highest BCUT2D eigenvalue weighted by atomic mass is 35.5. The standard InChI is InChI=1S/C10H11ClN4/c1-6-9(11)10(14-15(6)2)7-3-4-8(12)13-5-7/h3-5H,1-2H3,(H2,12,13). The van der Waals surface area contributed by atoms with Crippen molar-refractivity contribution in [1.29, 1.82) is 0 Å². The van der Waals surface area contributed by atoms with Gasteiger partial charge in [0.2, 0.25) is 0 Å². The van der Waals surface area contributed by atoms with Crippen LogP contribution in [0, 0.1) is 6.92 Å².